The number of ketones is 1. The highest BCUT2D eigenvalue weighted by atomic mass is 16.1. The highest BCUT2D eigenvalue weighted by Crippen LogP contribution is 2.19. The van der Waals surface area contributed by atoms with Crippen molar-refractivity contribution < 1.29 is 4.79 Å². The lowest BCUT2D eigenvalue weighted by Crippen LogP contribution is -2.09. The quantitative estimate of drug-likeness (QED) is 0.661. The third kappa shape index (κ3) is 4.28. The lowest BCUT2D eigenvalue weighted by molar-refractivity contribution is 0.0951. The van der Waals surface area contributed by atoms with Crippen LogP contribution in [0.4, 0.5) is 0 Å². The summed E-state index contributed by atoms with van der Waals surface area (Å²) in [4.78, 5) is 12.3. The maximum atomic E-state index is 12.3. The summed E-state index contributed by atoms with van der Waals surface area (Å²) >= 11 is 0. The lowest BCUT2D eigenvalue weighted by Gasteiger charge is -2.12. The molecule has 1 unspecified atom stereocenters. The van der Waals surface area contributed by atoms with Gasteiger partial charge in [0.25, 0.3) is 0 Å². The maximum absolute atomic E-state index is 12.3. The number of hydrogen-bond acceptors (Lipinski definition) is 2. The molecular weight excluding hydrogens is 260 g/mol. The molecule has 112 valence electrons. The first-order valence-electron chi connectivity index (χ1n) is 7.88. The monoisotopic (exact) mass is 284 g/mol. The van der Waals surface area contributed by atoms with E-state index < -0.39 is 0 Å². The smallest absolute Gasteiger partial charge is 0.183 e. The third-order valence-electron chi connectivity index (χ3n) is 3.91. The highest BCUT2D eigenvalue weighted by Gasteiger charge is 2.16. The lowest BCUT2D eigenvalue weighted by atomic mass is 9.93. The standard InChI is InChI=1S/C18H24N2O/c1-3-5-9-15(4-2)14-18(21)17-12-13-20(19-17)16-10-7-6-8-11-16/h6-8,10-13,15H,3-5,9,14H2,1-2H3. The second-order valence-corrected chi connectivity index (χ2v) is 5.52. The topological polar surface area (TPSA) is 34.9 Å². The van der Waals surface area contributed by atoms with E-state index in [-0.39, 0.29) is 5.78 Å². The van der Waals surface area contributed by atoms with E-state index in [4.69, 9.17) is 0 Å². The maximum Gasteiger partial charge on any atom is 0.183 e. The molecule has 0 N–H and O–H groups in total. The minimum Gasteiger partial charge on any atom is -0.292 e. The Labute approximate surface area is 127 Å². The van der Waals surface area contributed by atoms with Gasteiger partial charge in [0, 0.05) is 12.6 Å². The molecule has 1 atom stereocenters. The van der Waals surface area contributed by atoms with Crippen molar-refractivity contribution in [2.75, 3.05) is 0 Å². The Kier molecular flexibility index (Phi) is 5.73. The molecule has 0 saturated heterocycles. The predicted octanol–water partition coefficient (Wildman–Crippen LogP) is 4.66. The Hall–Kier alpha value is -1.90. The Bertz CT molecular complexity index is 560. The molecule has 0 aliphatic heterocycles. The average molecular weight is 284 g/mol. The summed E-state index contributed by atoms with van der Waals surface area (Å²) in [7, 11) is 0. The molecular formula is C18H24N2O. The van der Waals surface area contributed by atoms with Gasteiger partial charge in [-0.15, -0.1) is 0 Å². The van der Waals surface area contributed by atoms with Crippen LogP contribution < -0.4 is 0 Å². The number of unbranched alkanes of at least 4 members (excludes halogenated alkanes) is 1. The van der Waals surface area contributed by atoms with E-state index in [2.05, 4.69) is 18.9 Å². The van der Waals surface area contributed by atoms with Gasteiger partial charge in [-0.25, -0.2) is 4.68 Å². The Morgan fingerprint density at radius 2 is 1.95 bits per heavy atom. The number of nitrogens with zero attached hydrogens (tertiary/aromatic N) is 2. The number of rotatable bonds is 8. The van der Waals surface area contributed by atoms with Crippen molar-refractivity contribution in [3.8, 4) is 5.69 Å². The van der Waals surface area contributed by atoms with E-state index >= 15 is 0 Å². The Morgan fingerprint density at radius 1 is 1.19 bits per heavy atom. The molecule has 0 aliphatic rings. The van der Waals surface area contributed by atoms with Crippen LogP contribution in [0.15, 0.2) is 42.6 Å². The zero-order valence-electron chi connectivity index (χ0n) is 13.0. The summed E-state index contributed by atoms with van der Waals surface area (Å²) in [5, 5.41) is 4.42. The summed E-state index contributed by atoms with van der Waals surface area (Å²) in [6.45, 7) is 4.35. The van der Waals surface area contributed by atoms with Gasteiger partial charge in [0.2, 0.25) is 0 Å². The summed E-state index contributed by atoms with van der Waals surface area (Å²) in [6, 6.07) is 11.7. The molecule has 0 bridgehead atoms. The average Bonchev–Trinajstić information content (AvgIpc) is 3.02. The Balaban J connectivity index is 2.02. The first kappa shape index (κ1) is 15.5. The van der Waals surface area contributed by atoms with E-state index in [1.54, 1.807) is 4.68 Å². The van der Waals surface area contributed by atoms with Crippen LogP contribution in [-0.2, 0) is 0 Å². The van der Waals surface area contributed by atoms with E-state index in [0.717, 1.165) is 18.5 Å². The normalized spacial score (nSPS) is 12.3. The van der Waals surface area contributed by atoms with Gasteiger partial charge in [-0.3, -0.25) is 4.79 Å². The fourth-order valence-electron chi connectivity index (χ4n) is 2.51. The van der Waals surface area contributed by atoms with Crippen molar-refractivity contribution >= 4 is 5.78 Å². The van der Waals surface area contributed by atoms with Gasteiger partial charge < -0.3 is 0 Å². The van der Waals surface area contributed by atoms with Crippen molar-refractivity contribution in [1.29, 1.82) is 0 Å². The number of para-hydroxylation sites is 1. The molecule has 0 amide bonds. The van der Waals surface area contributed by atoms with Crippen LogP contribution in [0.25, 0.3) is 5.69 Å². The van der Waals surface area contributed by atoms with Crippen molar-refractivity contribution in [1.82, 2.24) is 9.78 Å². The highest BCUT2D eigenvalue weighted by molar-refractivity contribution is 5.94. The van der Waals surface area contributed by atoms with Crippen LogP contribution in [0.3, 0.4) is 0 Å². The van der Waals surface area contributed by atoms with E-state index in [9.17, 15) is 4.79 Å². The van der Waals surface area contributed by atoms with Gasteiger partial charge in [0.05, 0.1) is 5.69 Å². The van der Waals surface area contributed by atoms with Crippen molar-refractivity contribution in [2.24, 2.45) is 5.92 Å². The summed E-state index contributed by atoms with van der Waals surface area (Å²) < 4.78 is 1.76. The zero-order chi connectivity index (χ0) is 15.1. The molecule has 1 aromatic carbocycles. The van der Waals surface area contributed by atoms with Gasteiger partial charge in [-0.1, -0.05) is 57.7 Å². The van der Waals surface area contributed by atoms with E-state index in [0.29, 0.717) is 18.0 Å². The molecule has 0 saturated carbocycles. The van der Waals surface area contributed by atoms with Gasteiger partial charge in [-0.05, 0) is 24.1 Å². The summed E-state index contributed by atoms with van der Waals surface area (Å²) in [5.41, 5.74) is 1.56. The van der Waals surface area contributed by atoms with Gasteiger partial charge in [-0.2, -0.15) is 5.10 Å². The van der Waals surface area contributed by atoms with E-state index in [1.165, 1.54) is 12.8 Å². The van der Waals surface area contributed by atoms with Crippen LogP contribution in [0, 0.1) is 5.92 Å². The van der Waals surface area contributed by atoms with Gasteiger partial charge >= 0.3 is 0 Å². The molecule has 21 heavy (non-hydrogen) atoms. The molecule has 2 rings (SSSR count). The minimum atomic E-state index is 0.160. The number of carbonyl (C=O) groups is 1. The second-order valence-electron chi connectivity index (χ2n) is 5.52. The third-order valence-corrected chi connectivity index (χ3v) is 3.91. The fourth-order valence-corrected chi connectivity index (χ4v) is 2.51. The first-order chi connectivity index (χ1) is 10.2. The molecule has 2 aromatic rings. The number of benzene rings is 1. The van der Waals surface area contributed by atoms with Crippen LogP contribution in [0.2, 0.25) is 0 Å². The second kappa shape index (κ2) is 7.77. The van der Waals surface area contributed by atoms with Crippen molar-refractivity contribution in [3.05, 3.63) is 48.3 Å². The van der Waals surface area contributed by atoms with Gasteiger partial charge in [0.1, 0.15) is 5.69 Å². The van der Waals surface area contributed by atoms with Crippen LogP contribution >= 0.6 is 0 Å². The first-order valence-corrected chi connectivity index (χ1v) is 7.88. The molecule has 0 radical (unpaired) electrons. The van der Waals surface area contributed by atoms with Crippen molar-refractivity contribution in [2.45, 2.75) is 46.0 Å². The van der Waals surface area contributed by atoms with Crippen LogP contribution in [-0.4, -0.2) is 15.6 Å². The predicted molar refractivity (Wildman–Crippen MR) is 85.8 cm³/mol. The SMILES string of the molecule is CCCCC(CC)CC(=O)c1ccn(-c2ccccc2)n1. The molecule has 1 aromatic heterocycles. The number of aromatic nitrogens is 2. The molecule has 3 nitrogen and oxygen atoms in total. The zero-order valence-corrected chi connectivity index (χ0v) is 13.0. The van der Waals surface area contributed by atoms with E-state index in [1.807, 2.05) is 42.6 Å². The Morgan fingerprint density at radius 3 is 2.62 bits per heavy atom. The largest absolute Gasteiger partial charge is 0.292 e. The number of carbonyl (C=O) groups excluding carboxylic acids is 1. The van der Waals surface area contributed by atoms with Crippen LogP contribution in [0.5, 0.6) is 0 Å². The molecule has 0 spiro atoms. The number of Topliss-reactive ketones (excluding diaryl/α,β-unsaturated/α-hetero) is 1. The van der Waals surface area contributed by atoms with Crippen molar-refractivity contribution in [3.63, 3.8) is 0 Å². The molecule has 0 fully saturated rings. The van der Waals surface area contributed by atoms with Gasteiger partial charge in [0.15, 0.2) is 5.78 Å². The summed E-state index contributed by atoms with van der Waals surface area (Å²) in [6.07, 6.45) is 7.05. The minimum absolute atomic E-state index is 0.160. The molecule has 1 heterocycles. The molecule has 3 heteroatoms. The molecule has 0 aliphatic carbocycles. The summed E-state index contributed by atoms with van der Waals surface area (Å²) in [5.74, 6) is 0.645. The van der Waals surface area contributed by atoms with Crippen LogP contribution in [0.1, 0.15) is 56.4 Å². The number of hydrogen-bond donors (Lipinski definition) is 0. The fraction of sp³-hybridized carbons (Fsp3) is 0.444.